The molecule has 6 nitrogen and oxygen atoms in total. The van der Waals surface area contributed by atoms with E-state index in [9.17, 15) is 4.57 Å². The van der Waals surface area contributed by atoms with E-state index in [1.165, 1.54) is 32.1 Å². The molecule has 0 bridgehead atoms. The van der Waals surface area contributed by atoms with Crippen LogP contribution in [-0.4, -0.2) is 45.7 Å². The van der Waals surface area contributed by atoms with Crippen LogP contribution >= 0.6 is 31.1 Å². The van der Waals surface area contributed by atoms with Crippen molar-refractivity contribution in [3.05, 3.63) is 0 Å². The summed E-state index contributed by atoms with van der Waals surface area (Å²) in [6.07, 6.45) is 7.86. The molecule has 0 amide bonds. The summed E-state index contributed by atoms with van der Waals surface area (Å²) in [6.45, 7) is 8.44. The summed E-state index contributed by atoms with van der Waals surface area (Å²) >= 11 is 3.73. The van der Waals surface area contributed by atoms with E-state index in [0.29, 0.717) is 18.5 Å². The molecule has 1 N–H and O–H groups in total. The molecule has 0 saturated carbocycles. The van der Waals surface area contributed by atoms with Crippen LogP contribution in [0.15, 0.2) is 0 Å². The molecule has 0 aliphatic carbocycles. The molecule has 30 heavy (non-hydrogen) atoms. The molecule has 0 radical (unpaired) electrons. The Kier molecular flexibility index (Phi) is 22.4. The first-order valence-electron chi connectivity index (χ1n) is 10.5. The largest absolute Gasteiger partial charge is 1.00 e. The molecule has 2 aliphatic heterocycles. The van der Waals surface area contributed by atoms with E-state index in [4.69, 9.17) is 24.7 Å². The number of aliphatic hydroxyl groups is 1. The van der Waals surface area contributed by atoms with Gasteiger partial charge in [0.2, 0.25) is 0 Å². The number of aliphatic hydroxyl groups excluding tert-OH is 1. The van der Waals surface area contributed by atoms with Gasteiger partial charge in [0.15, 0.2) is 0 Å². The van der Waals surface area contributed by atoms with Crippen molar-refractivity contribution in [1.82, 2.24) is 0 Å². The molecule has 2 aliphatic rings. The standard InChI is InChI=1S/C8H13NS.C6H12NO3P.C6H12OS.Na.H/c1-2-7-3-4-8(10-7)5-6-9;1-3-9-11(8,6-5-7)10-4-2;1-2-5-3-4-6(7)8-5;;/h7-8H,2-5H2,1H3;3-4,6H2,1-2H3;5-7H,2-4H2,1H3;;/q;;;+1;-1/t7-,8?;;5-,6?;;/m1.1../s1. The second-order valence-corrected chi connectivity index (χ2v) is 11.8. The van der Waals surface area contributed by atoms with E-state index in [2.05, 4.69) is 19.9 Å². The zero-order valence-electron chi connectivity index (χ0n) is 20.2. The van der Waals surface area contributed by atoms with Crippen molar-refractivity contribution in [2.24, 2.45) is 0 Å². The van der Waals surface area contributed by atoms with Crippen LogP contribution in [-0.2, 0) is 13.6 Å². The zero-order chi connectivity index (χ0) is 22.1. The van der Waals surface area contributed by atoms with Gasteiger partial charge < -0.3 is 15.6 Å². The van der Waals surface area contributed by atoms with Crippen LogP contribution in [0, 0.1) is 22.7 Å². The van der Waals surface area contributed by atoms with Crippen molar-refractivity contribution in [3.8, 4) is 12.1 Å². The fourth-order valence-corrected chi connectivity index (χ4v) is 6.78. The van der Waals surface area contributed by atoms with Crippen molar-refractivity contribution in [2.75, 3.05) is 19.4 Å². The summed E-state index contributed by atoms with van der Waals surface area (Å²) in [5.41, 5.74) is -0.0556. The minimum atomic E-state index is -3.08. The van der Waals surface area contributed by atoms with Crippen LogP contribution in [0.3, 0.4) is 0 Å². The van der Waals surface area contributed by atoms with Crippen LogP contribution in [0.2, 0.25) is 0 Å². The summed E-state index contributed by atoms with van der Waals surface area (Å²) in [5, 5.41) is 27.9. The Morgan fingerprint density at radius 1 is 0.933 bits per heavy atom. The fourth-order valence-electron chi connectivity index (χ4n) is 2.93. The molecule has 0 aromatic carbocycles. The monoisotopic (exact) mass is 488 g/mol. The molecule has 4 atom stereocenters. The Hall–Kier alpha value is 0.790. The van der Waals surface area contributed by atoms with Gasteiger partial charge in [0.1, 0.15) is 6.16 Å². The van der Waals surface area contributed by atoms with Crippen molar-refractivity contribution in [1.29, 1.82) is 10.5 Å². The van der Waals surface area contributed by atoms with E-state index in [1.807, 2.05) is 11.8 Å². The minimum absolute atomic E-state index is 0. The summed E-state index contributed by atoms with van der Waals surface area (Å²) < 4.78 is 21.0. The number of hydrogen-bond donors (Lipinski definition) is 1. The normalized spacial score (nSPS) is 24.9. The maximum Gasteiger partial charge on any atom is 1.00 e. The molecule has 170 valence electrons. The van der Waals surface area contributed by atoms with Crippen LogP contribution in [0.1, 0.15) is 74.1 Å². The van der Waals surface area contributed by atoms with Crippen molar-refractivity contribution < 1.29 is 49.7 Å². The number of hydrogen-bond acceptors (Lipinski definition) is 8. The van der Waals surface area contributed by atoms with Crippen molar-refractivity contribution in [2.45, 2.75) is 93.8 Å². The van der Waals surface area contributed by atoms with E-state index < -0.39 is 7.60 Å². The molecular weight excluding hydrogens is 450 g/mol. The Balaban J connectivity index is -0.000000371. The van der Waals surface area contributed by atoms with Gasteiger partial charge in [-0.15, -0.1) is 11.8 Å². The predicted octanol–water partition coefficient (Wildman–Crippen LogP) is 3.08. The molecule has 0 aromatic heterocycles. The predicted molar refractivity (Wildman–Crippen MR) is 124 cm³/mol. The Morgan fingerprint density at radius 3 is 1.77 bits per heavy atom. The van der Waals surface area contributed by atoms with Gasteiger partial charge in [-0.3, -0.25) is 4.57 Å². The maximum atomic E-state index is 11.3. The third-order valence-corrected chi connectivity index (χ3v) is 9.50. The van der Waals surface area contributed by atoms with Crippen LogP contribution in [0.4, 0.5) is 0 Å². The average Bonchev–Trinajstić information content (AvgIpc) is 3.32. The summed E-state index contributed by atoms with van der Waals surface area (Å²) in [5.74, 6) is 0. The van der Waals surface area contributed by atoms with Gasteiger partial charge >= 0.3 is 37.2 Å². The van der Waals surface area contributed by atoms with E-state index in [0.717, 1.165) is 23.3 Å². The Morgan fingerprint density at radius 2 is 1.43 bits per heavy atom. The molecule has 2 heterocycles. The van der Waals surface area contributed by atoms with Crippen LogP contribution in [0.5, 0.6) is 0 Å². The topological polar surface area (TPSA) is 103 Å². The van der Waals surface area contributed by atoms with Crippen molar-refractivity contribution in [3.63, 3.8) is 0 Å². The van der Waals surface area contributed by atoms with E-state index >= 15 is 0 Å². The summed E-state index contributed by atoms with van der Waals surface area (Å²) in [4.78, 5) is 0. The molecule has 0 aromatic rings. The molecule has 10 heteroatoms. The van der Waals surface area contributed by atoms with Crippen LogP contribution < -0.4 is 29.6 Å². The fraction of sp³-hybridized carbons (Fsp3) is 0.900. The van der Waals surface area contributed by atoms with Gasteiger partial charge in [0, 0.05) is 22.2 Å². The van der Waals surface area contributed by atoms with Gasteiger partial charge in [0.25, 0.3) is 0 Å². The second kappa shape index (κ2) is 20.4. The third-order valence-electron chi connectivity index (χ3n) is 4.43. The minimum Gasteiger partial charge on any atom is -1.00 e. The maximum absolute atomic E-state index is 11.3. The molecule has 0 spiro atoms. The van der Waals surface area contributed by atoms with Gasteiger partial charge in [-0.05, 0) is 52.4 Å². The number of nitriles is 2. The van der Waals surface area contributed by atoms with Gasteiger partial charge in [-0.25, -0.2) is 0 Å². The average molecular weight is 489 g/mol. The van der Waals surface area contributed by atoms with E-state index in [1.54, 1.807) is 31.7 Å². The molecule has 2 rings (SSSR count). The van der Waals surface area contributed by atoms with Crippen LogP contribution in [0.25, 0.3) is 0 Å². The first-order chi connectivity index (χ1) is 13.9. The van der Waals surface area contributed by atoms with Gasteiger partial charge in [0.05, 0.1) is 30.8 Å². The van der Waals surface area contributed by atoms with Gasteiger partial charge in [-0.2, -0.15) is 22.3 Å². The number of rotatable bonds is 8. The first-order valence-corrected chi connectivity index (χ1v) is 14.1. The Bertz CT molecular complexity index is 556. The van der Waals surface area contributed by atoms with Crippen molar-refractivity contribution >= 4 is 31.1 Å². The number of thioether (sulfide) groups is 2. The Labute approximate surface area is 215 Å². The molecule has 2 unspecified atom stereocenters. The third kappa shape index (κ3) is 15.6. The summed E-state index contributed by atoms with van der Waals surface area (Å²) in [7, 11) is -3.08. The quantitative estimate of drug-likeness (QED) is 0.411. The van der Waals surface area contributed by atoms with Gasteiger partial charge in [-0.1, -0.05) is 13.8 Å². The van der Waals surface area contributed by atoms with E-state index in [-0.39, 0.29) is 42.6 Å². The SMILES string of the molecule is CCOP(=O)(CC#N)OCC.CC[C@@H]1CCC(CC#N)S1.CC[C@@H]1CCC(O)S1.[H-].[Na+]. The smallest absolute Gasteiger partial charge is 1.00 e. The number of nitrogens with zero attached hydrogens (tertiary/aromatic N) is 2. The second-order valence-electron chi connectivity index (χ2n) is 6.69. The first kappa shape index (κ1) is 33.0. The molecular formula is C20H38N2NaO4PS2. The zero-order valence-corrected chi connectivity index (χ0v) is 23.7. The summed E-state index contributed by atoms with van der Waals surface area (Å²) in [6, 6.07) is 4.00. The molecule has 2 fully saturated rings. The molecule has 2 saturated heterocycles.